The van der Waals surface area contributed by atoms with Crippen molar-refractivity contribution in [1.29, 1.82) is 0 Å². The Hall–Kier alpha value is -1.91. The van der Waals surface area contributed by atoms with Gasteiger partial charge in [0, 0.05) is 12.7 Å². The molecule has 0 aliphatic rings. The van der Waals surface area contributed by atoms with E-state index in [0.717, 1.165) is 5.52 Å². The highest BCUT2D eigenvalue weighted by molar-refractivity contribution is 5.90. The summed E-state index contributed by atoms with van der Waals surface area (Å²) in [5, 5.41) is 0. The van der Waals surface area contributed by atoms with Crippen molar-refractivity contribution in [2.75, 3.05) is 7.11 Å². The molecular formula is C10H11N3O2. The number of aromatic nitrogens is 3. The number of carbonyl (C=O) groups is 1. The summed E-state index contributed by atoms with van der Waals surface area (Å²) >= 11 is 0. The Balaban J connectivity index is 2.69. The average Bonchev–Trinajstić information content (AvgIpc) is 2.66. The second kappa shape index (κ2) is 3.68. The molecule has 0 unspecified atom stereocenters. The highest BCUT2D eigenvalue weighted by Gasteiger charge is 2.16. The van der Waals surface area contributed by atoms with Gasteiger partial charge < -0.3 is 9.30 Å². The van der Waals surface area contributed by atoms with Crippen molar-refractivity contribution >= 4 is 17.0 Å². The predicted molar refractivity (Wildman–Crippen MR) is 54.5 cm³/mol. The van der Waals surface area contributed by atoms with Gasteiger partial charge in [-0.15, -0.1) is 0 Å². The van der Waals surface area contributed by atoms with Crippen molar-refractivity contribution in [3.8, 4) is 0 Å². The summed E-state index contributed by atoms with van der Waals surface area (Å²) < 4.78 is 6.47. The van der Waals surface area contributed by atoms with E-state index in [1.807, 2.05) is 17.6 Å². The number of esters is 1. The van der Waals surface area contributed by atoms with Crippen LogP contribution in [-0.2, 0) is 11.3 Å². The van der Waals surface area contributed by atoms with Gasteiger partial charge in [-0.2, -0.15) is 0 Å². The van der Waals surface area contributed by atoms with Crippen molar-refractivity contribution in [3.05, 3.63) is 24.3 Å². The third kappa shape index (κ3) is 1.45. The molecule has 15 heavy (non-hydrogen) atoms. The number of carbonyl (C=O) groups excluding carboxylic acids is 1. The van der Waals surface area contributed by atoms with Gasteiger partial charge in [-0.3, -0.25) is 4.98 Å². The second-order valence-corrected chi connectivity index (χ2v) is 3.04. The molecule has 0 bridgehead atoms. The molecule has 0 atom stereocenters. The number of ether oxygens (including phenoxy) is 1. The predicted octanol–water partition coefficient (Wildman–Crippen LogP) is 1.24. The first-order valence-corrected chi connectivity index (χ1v) is 4.66. The van der Waals surface area contributed by atoms with Crippen LogP contribution < -0.4 is 0 Å². The summed E-state index contributed by atoms with van der Waals surface area (Å²) in [7, 11) is 1.35. The SMILES string of the molecule is CCn1c(C(=O)OC)nc2cnccc21. The molecule has 0 aliphatic heterocycles. The Labute approximate surface area is 86.7 Å². The van der Waals surface area contributed by atoms with Crippen LogP contribution in [-0.4, -0.2) is 27.6 Å². The van der Waals surface area contributed by atoms with E-state index in [1.165, 1.54) is 7.11 Å². The summed E-state index contributed by atoms with van der Waals surface area (Å²) in [6, 6.07) is 1.83. The Kier molecular flexibility index (Phi) is 2.37. The first-order chi connectivity index (χ1) is 7.27. The summed E-state index contributed by atoms with van der Waals surface area (Å²) in [6.45, 7) is 2.62. The number of hydrogen-bond donors (Lipinski definition) is 0. The molecule has 0 aliphatic carbocycles. The van der Waals surface area contributed by atoms with Gasteiger partial charge in [0.25, 0.3) is 0 Å². The molecule has 2 aromatic rings. The van der Waals surface area contributed by atoms with Crippen LogP contribution in [0.3, 0.4) is 0 Å². The molecule has 2 aromatic heterocycles. The van der Waals surface area contributed by atoms with Crippen LogP contribution in [0, 0.1) is 0 Å². The standard InChI is InChI=1S/C10H11N3O2/c1-3-13-8-4-5-11-6-7(8)12-9(13)10(14)15-2/h4-6H,3H2,1-2H3. The van der Waals surface area contributed by atoms with E-state index in [9.17, 15) is 4.79 Å². The number of fused-ring (bicyclic) bond motifs is 1. The van der Waals surface area contributed by atoms with Crippen LogP contribution in [0.25, 0.3) is 11.0 Å². The summed E-state index contributed by atoms with van der Waals surface area (Å²) in [5.74, 6) is -0.101. The molecule has 78 valence electrons. The second-order valence-electron chi connectivity index (χ2n) is 3.04. The van der Waals surface area contributed by atoms with Gasteiger partial charge in [0.15, 0.2) is 0 Å². The maximum atomic E-state index is 11.4. The number of imidazole rings is 1. The van der Waals surface area contributed by atoms with Crippen LogP contribution in [0.4, 0.5) is 0 Å². The Morgan fingerprint density at radius 1 is 1.60 bits per heavy atom. The molecule has 0 saturated heterocycles. The average molecular weight is 205 g/mol. The van der Waals surface area contributed by atoms with Gasteiger partial charge in [-0.05, 0) is 13.0 Å². The van der Waals surface area contributed by atoms with Crippen LogP contribution in [0.1, 0.15) is 17.5 Å². The van der Waals surface area contributed by atoms with Crippen LogP contribution in [0.15, 0.2) is 18.5 Å². The molecule has 0 fully saturated rings. The van der Waals surface area contributed by atoms with Crippen molar-refractivity contribution in [3.63, 3.8) is 0 Å². The molecule has 5 nitrogen and oxygen atoms in total. The van der Waals surface area contributed by atoms with E-state index >= 15 is 0 Å². The summed E-state index contributed by atoms with van der Waals surface area (Å²) in [5.41, 5.74) is 1.60. The van der Waals surface area contributed by atoms with Gasteiger partial charge >= 0.3 is 5.97 Å². The molecule has 0 amide bonds. The quantitative estimate of drug-likeness (QED) is 0.692. The molecular weight excluding hydrogens is 194 g/mol. The maximum absolute atomic E-state index is 11.4. The molecule has 0 spiro atoms. The Morgan fingerprint density at radius 3 is 3.07 bits per heavy atom. The molecule has 0 saturated carbocycles. The maximum Gasteiger partial charge on any atom is 0.374 e. The molecule has 0 aromatic carbocycles. The van der Waals surface area contributed by atoms with Gasteiger partial charge in [0.1, 0.15) is 5.52 Å². The number of pyridine rings is 1. The van der Waals surface area contributed by atoms with Crippen LogP contribution in [0.2, 0.25) is 0 Å². The van der Waals surface area contributed by atoms with Gasteiger partial charge in [-0.1, -0.05) is 0 Å². The van der Waals surface area contributed by atoms with E-state index in [1.54, 1.807) is 12.4 Å². The van der Waals surface area contributed by atoms with Gasteiger partial charge in [-0.25, -0.2) is 9.78 Å². The lowest BCUT2D eigenvalue weighted by Gasteiger charge is -2.02. The smallest absolute Gasteiger partial charge is 0.374 e. The fourth-order valence-corrected chi connectivity index (χ4v) is 1.55. The van der Waals surface area contributed by atoms with Crippen LogP contribution in [0.5, 0.6) is 0 Å². The normalized spacial score (nSPS) is 10.5. The zero-order valence-corrected chi connectivity index (χ0v) is 8.60. The van der Waals surface area contributed by atoms with Crippen molar-refractivity contribution < 1.29 is 9.53 Å². The Morgan fingerprint density at radius 2 is 2.40 bits per heavy atom. The molecule has 2 rings (SSSR count). The molecule has 0 radical (unpaired) electrons. The van der Waals surface area contributed by atoms with Crippen molar-refractivity contribution in [2.45, 2.75) is 13.5 Å². The number of methoxy groups -OCH3 is 1. The number of hydrogen-bond acceptors (Lipinski definition) is 4. The van der Waals surface area contributed by atoms with E-state index < -0.39 is 5.97 Å². The fraction of sp³-hybridized carbons (Fsp3) is 0.300. The molecule has 5 heteroatoms. The zero-order valence-electron chi connectivity index (χ0n) is 8.60. The zero-order chi connectivity index (χ0) is 10.8. The van der Waals surface area contributed by atoms with Crippen molar-refractivity contribution in [2.24, 2.45) is 0 Å². The Bertz CT molecular complexity index is 504. The minimum absolute atomic E-state index is 0.322. The summed E-state index contributed by atoms with van der Waals surface area (Å²) in [4.78, 5) is 19.6. The van der Waals surface area contributed by atoms with E-state index in [-0.39, 0.29) is 0 Å². The first-order valence-electron chi connectivity index (χ1n) is 4.66. The molecule has 0 N–H and O–H groups in total. The highest BCUT2D eigenvalue weighted by Crippen LogP contribution is 2.15. The monoisotopic (exact) mass is 205 g/mol. The van der Waals surface area contributed by atoms with E-state index in [4.69, 9.17) is 0 Å². The fourth-order valence-electron chi connectivity index (χ4n) is 1.55. The number of aryl methyl sites for hydroxylation is 1. The third-order valence-electron chi connectivity index (χ3n) is 2.23. The lowest BCUT2D eigenvalue weighted by molar-refractivity contribution is 0.0582. The minimum atomic E-state index is -0.423. The minimum Gasteiger partial charge on any atom is -0.463 e. The number of nitrogens with zero attached hydrogens (tertiary/aromatic N) is 3. The highest BCUT2D eigenvalue weighted by atomic mass is 16.5. The van der Waals surface area contributed by atoms with Gasteiger partial charge in [0.05, 0.1) is 18.8 Å². The van der Waals surface area contributed by atoms with Crippen molar-refractivity contribution in [1.82, 2.24) is 14.5 Å². The van der Waals surface area contributed by atoms with Gasteiger partial charge in [0.2, 0.25) is 5.82 Å². The van der Waals surface area contributed by atoms with E-state index in [0.29, 0.717) is 17.9 Å². The number of rotatable bonds is 2. The van der Waals surface area contributed by atoms with E-state index in [2.05, 4.69) is 14.7 Å². The third-order valence-corrected chi connectivity index (χ3v) is 2.23. The topological polar surface area (TPSA) is 57.0 Å². The lowest BCUT2D eigenvalue weighted by Crippen LogP contribution is -2.10. The van der Waals surface area contributed by atoms with Crippen LogP contribution >= 0.6 is 0 Å². The summed E-state index contributed by atoms with van der Waals surface area (Å²) in [6.07, 6.45) is 3.31. The molecule has 2 heterocycles. The lowest BCUT2D eigenvalue weighted by atomic mass is 10.4. The largest absolute Gasteiger partial charge is 0.463 e. The first kappa shape index (κ1) is 9.64.